The van der Waals surface area contributed by atoms with Gasteiger partial charge in [-0.2, -0.15) is 0 Å². The smallest absolute Gasteiger partial charge is 0.244 e. The van der Waals surface area contributed by atoms with E-state index in [2.05, 4.69) is 19.2 Å². The van der Waals surface area contributed by atoms with Crippen molar-refractivity contribution in [3.05, 3.63) is 65.7 Å². The number of benzene rings is 2. The summed E-state index contributed by atoms with van der Waals surface area (Å²) in [6.07, 6.45) is 1.07. The van der Waals surface area contributed by atoms with Gasteiger partial charge in [-0.3, -0.25) is 13.9 Å². The molecule has 32 heavy (non-hydrogen) atoms. The molecule has 174 valence electrons. The van der Waals surface area contributed by atoms with Crippen LogP contribution < -0.4 is 9.62 Å². The second-order valence-corrected chi connectivity index (χ2v) is 10.0. The summed E-state index contributed by atoms with van der Waals surface area (Å²) in [5, 5.41) is 2.73. The third-order valence-electron chi connectivity index (χ3n) is 5.24. The molecule has 8 heteroatoms. The zero-order valence-corrected chi connectivity index (χ0v) is 20.2. The average Bonchev–Trinajstić information content (AvgIpc) is 2.75. The molecule has 0 aromatic heterocycles. The average molecular weight is 460 g/mol. The van der Waals surface area contributed by atoms with Crippen molar-refractivity contribution >= 4 is 27.5 Å². The second kappa shape index (κ2) is 11.1. The van der Waals surface area contributed by atoms with Crippen molar-refractivity contribution in [1.29, 1.82) is 0 Å². The Morgan fingerprint density at radius 3 is 2.06 bits per heavy atom. The molecule has 0 radical (unpaired) electrons. The summed E-state index contributed by atoms with van der Waals surface area (Å²) in [6, 6.07) is 15.7. The minimum atomic E-state index is -3.72. The van der Waals surface area contributed by atoms with Gasteiger partial charge in [-0.25, -0.2) is 8.42 Å². The van der Waals surface area contributed by atoms with E-state index < -0.39 is 28.5 Å². The van der Waals surface area contributed by atoms with E-state index in [1.54, 1.807) is 26.0 Å². The molecular formula is C24H33N3O4S. The Morgan fingerprint density at radius 1 is 0.969 bits per heavy atom. The zero-order chi connectivity index (χ0) is 23.9. The Kier molecular flexibility index (Phi) is 8.83. The van der Waals surface area contributed by atoms with E-state index in [-0.39, 0.29) is 12.5 Å². The molecule has 2 aromatic rings. The van der Waals surface area contributed by atoms with Crippen LogP contribution in [0.2, 0.25) is 0 Å². The first-order valence-electron chi connectivity index (χ1n) is 10.7. The van der Waals surface area contributed by atoms with Crippen molar-refractivity contribution < 1.29 is 18.0 Å². The number of carbonyl (C=O) groups is 2. The number of rotatable bonds is 10. The Labute approximate surface area is 191 Å². The van der Waals surface area contributed by atoms with Crippen LogP contribution in [0.1, 0.15) is 44.7 Å². The van der Waals surface area contributed by atoms with Crippen LogP contribution in [0.15, 0.2) is 54.6 Å². The number of hydrogen-bond donors (Lipinski definition) is 1. The van der Waals surface area contributed by atoms with Crippen molar-refractivity contribution in [1.82, 2.24) is 10.2 Å². The SMILES string of the molecule is CCNC(=O)[C@H](C)N(Cc1ccccc1)C(=O)CN(c1ccc(C(C)C)cc1)S(C)(=O)=O. The molecule has 0 saturated heterocycles. The molecule has 2 amide bonds. The first-order chi connectivity index (χ1) is 15.0. The van der Waals surface area contributed by atoms with Gasteiger partial charge in [0.05, 0.1) is 11.9 Å². The first kappa shape index (κ1) is 25.4. The van der Waals surface area contributed by atoms with E-state index in [0.29, 0.717) is 18.2 Å². The Hall–Kier alpha value is -2.87. The molecule has 2 aromatic carbocycles. The summed E-state index contributed by atoms with van der Waals surface area (Å²) in [7, 11) is -3.72. The highest BCUT2D eigenvalue weighted by Crippen LogP contribution is 2.22. The van der Waals surface area contributed by atoms with Crippen LogP contribution in [0, 0.1) is 0 Å². The number of anilines is 1. The fraction of sp³-hybridized carbons (Fsp3) is 0.417. The van der Waals surface area contributed by atoms with Gasteiger partial charge in [-0.1, -0.05) is 56.3 Å². The van der Waals surface area contributed by atoms with Crippen LogP contribution in [-0.2, 0) is 26.2 Å². The monoisotopic (exact) mass is 459 g/mol. The number of hydrogen-bond acceptors (Lipinski definition) is 4. The van der Waals surface area contributed by atoms with E-state index in [1.165, 1.54) is 4.90 Å². The maximum Gasteiger partial charge on any atom is 0.244 e. The Bertz CT molecular complexity index is 1010. The summed E-state index contributed by atoms with van der Waals surface area (Å²) in [6.45, 7) is 7.80. The third-order valence-corrected chi connectivity index (χ3v) is 6.38. The van der Waals surface area contributed by atoms with Crippen molar-refractivity contribution in [3.63, 3.8) is 0 Å². The van der Waals surface area contributed by atoms with Gasteiger partial charge in [-0.05, 0) is 43.0 Å². The molecule has 0 heterocycles. The lowest BCUT2D eigenvalue weighted by Crippen LogP contribution is -2.51. The lowest BCUT2D eigenvalue weighted by Gasteiger charge is -2.31. The fourth-order valence-electron chi connectivity index (χ4n) is 3.32. The molecule has 0 bridgehead atoms. The first-order valence-corrected chi connectivity index (χ1v) is 12.6. The molecule has 0 saturated carbocycles. The molecule has 0 spiro atoms. The zero-order valence-electron chi connectivity index (χ0n) is 19.4. The minimum absolute atomic E-state index is 0.196. The largest absolute Gasteiger partial charge is 0.355 e. The molecule has 7 nitrogen and oxygen atoms in total. The normalized spacial score (nSPS) is 12.3. The van der Waals surface area contributed by atoms with E-state index in [1.807, 2.05) is 42.5 Å². The van der Waals surface area contributed by atoms with E-state index >= 15 is 0 Å². The van der Waals surface area contributed by atoms with Crippen LogP contribution in [0.5, 0.6) is 0 Å². The summed E-state index contributed by atoms with van der Waals surface area (Å²) in [5.41, 5.74) is 2.34. The molecule has 0 aliphatic heterocycles. The summed E-state index contributed by atoms with van der Waals surface area (Å²) in [4.78, 5) is 27.3. The molecule has 0 aliphatic rings. The van der Waals surface area contributed by atoms with E-state index in [4.69, 9.17) is 0 Å². The molecule has 0 unspecified atom stereocenters. The number of likely N-dealkylation sites (N-methyl/N-ethyl adjacent to an activating group) is 1. The topological polar surface area (TPSA) is 86.8 Å². The lowest BCUT2D eigenvalue weighted by atomic mass is 10.0. The predicted octanol–water partition coefficient (Wildman–Crippen LogP) is 3.13. The van der Waals surface area contributed by atoms with Crippen molar-refractivity contribution in [3.8, 4) is 0 Å². The second-order valence-electron chi connectivity index (χ2n) is 8.09. The van der Waals surface area contributed by atoms with Crippen LogP contribution >= 0.6 is 0 Å². The highest BCUT2D eigenvalue weighted by molar-refractivity contribution is 7.92. The fourth-order valence-corrected chi connectivity index (χ4v) is 4.17. The van der Waals surface area contributed by atoms with Crippen LogP contribution in [0.4, 0.5) is 5.69 Å². The van der Waals surface area contributed by atoms with Crippen LogP contribution in [0.3, 0.4) is 0 Å². The lowest BCUT2D eigenvalue weighted by molar-refractivity contribution is -0.139. The number of sulfonamides is 1. The minimum Gasteiger partial charge on any atom is -0.355 e. The summed E-state index contributed by atoms with van der Waals surface area (Å²) < 4.78 is 26.2. The maximum absolute atomic E-state index is 13.3. The van der Waals surface area contributed by atoms with Gasteiger partial charge in [0, 0.05) is 13.1 Å². The maximum atomic E-state index is 13.3. The molecule has 1 N–H and O–H groups in total. The third kappa shape index (κ3) is 6.82. The predicted molar refractivity (Wildman–Crippen MR) is 128 cm³/mol. The molecule has 0 aliphatic carbocycles. The quantitative estimate of drug-likeness (QED) is 0.591. The Balaban J connectivity index is 2.35. The van der Waals surface area contributed by atoms with Gasteiger partial charge in [0.15, 0.2) is 0 Å². The number of amides is 2. The molecule has 1 atom stereocenters. The van der Waals surface area contributed by atoms with Gasteiger partial charge in [0.1, 0.15) is 12.6 Å². The standard InChI is InChI=1S/C24H33N3O4S/c1-6-25-24(29)19(4)26(16-20-10-8-7-9-11-20)23(28)17-27(32(5,30)31)22-14-12-21(13-15-22)18(2)3/h7-15,18-19H,6,16-17H2,1-5H3,(H,25,29)/t19-/m0/s1. The van der Waals surface area contributed by atoms with Crippen molar-refractivity contribution in [2.45, 2.75) is 46.2 Å². The summed E-state index contributed by atoms with van der Waals surface area (Å²) in [5.74, 6) is -0.438. The Morgan fingerprint density at radius 2 is 1.56 bits per heavy atom. The van der Waals surface area contributed by atoms with E-state index in [9.17, 15) is 18.0 Å². The molecular weight excluding hydrogens is 426 g/mol. The molecule has 2 rings (SSSR count). The molecule has 0 fully saturated rings. The van der Waals surface area contributed by atoms with Gasteiger partial charge < -0.3 is 10.2 Å². The number of carbonyl (C=O) groups excluding carboxylic acids is 2. The van der Waals surface area contributed by atoms with Crippen molar-refractivity contribution in [2.24, 2.45) is 0 Å². The highest BCUT2D eigenvalue weighted by Gasteiger charge is 2.29. The highest BCUT2D eigenvalue weighted by atomic mass is 32.2. The van der Waals surface area contributed by atoms with Crippen LogP contribution in [0.25, 0.3) is 0 Å². The number of nitrogens with one attached hydrogen (secondary N) is 1. The number of nitrogens with zero attached hydrogens (tertiary/aromatic N) is 2. The van der Waals surface area contributed by atoms with E-state index in [0.717, 1.165) is 21.7 Å². The van der Waals surface area contributed by atoms with Crippen molar-refractivity contribution in [2.75, 3.05) is 23.7 Å². The van der Waals surface area contributed by atoms with Gasteiger partial charge >= 0.3 is 0 Å². The summed E-state index contributed by atoms with van der Waals surface area (Å²) >= 11 is 0. The van der Waals surface area contributed by atoms with Gasteiger partial charge in [0.2, 0.25) is 21.8 Å². The van der Waals surface area contributed by atoms with Crippen LogP contribution in [-0.4, -0.2) is 50.5 Å². The van der Waals surface area contributed by atoms with Gasteiger partial charge in [0.25, 0.3) is 0 Å². The van der Waals surface area contributed by atoms with Gasteiger partial charge in [-0.15, -0.1) is 0 Å².